The molecule has 106 valence electrons. The van der Waals surface area contributed by atoms with Crippen molar-refractivity contribution in [1.82, 2.24) is 0 Å². The number of alkyl halides is 1. The summed E-state index contributed by atoms with van der Waals surface area (Å²) in [6, 6.07) is 5.43. The molecule has 5 heteroatoms. The van der Waals surface area contributed by atoms with E-state index in [1.807, 2.05) is 26.8 Å². The first kappa shape index (κ1) is 16.3. The van der Waals surface area contributed by atoms with Crippen LogP contribution in [0.5, 0.6) is 0 Å². The van der Waals surface area contributed by atoms with E-state index < -0.39 is 11.7 Å². The van der Waals surface area contributed by atoms with Crippen LogP contribution in [0.2, 0.25) is 5.02 Å². The third kappa shape index (κ3) is 6.30. The van der Waals surface area contributed by atoms with Crippen molar-refractivity contribution in [2.24, 2.45) is 0 Å². The van der Waals surface area contributed by atoms with Crippen molar-refractivity contribution in [2.45, 2.75) is 39.2 Å². The standard InChI is InChI=1S/C14H19BrClNO2/c1-14(2,3)19-13(18)17-12-7-6-11(16)9-10(12)5-4-8-15/h6-7,9H,4-5,8H2,1-3H3,(H,17,18). The normalized spacial score (nSPS) is 11.2. The molecule has 0 aliphatic heterocycles. The van der Waals surface area contributed by atoms with E-state index in [0.717, 1.165) is 29.4 Å². The van der Waals surface area contributed by atoms with Crippen molar-refractivity contribution in [3.8, 4) is 0 Å². The summed E-state index contributed by atoms with van der Waals surface area (Å²) in [5.74, 6) is 0. The Labute approximate surface area is 127 Å². The van der Waals surface area contributed by atoms with Crippen LogP contribution in [-0.4, -0.2) is 17.0 Å². The summed E-state index contributed by atoms with van der Waals surface area (Å²) >= 11 is 9.38. The lowest BCUT2D eigenvalue weighted by Crippen LogP contribution is -2.27. The maximum atomic E-state index is 11.8. The second-order valence-electron chi connectivity index (χ2n) is 5.22. The van der Waals surface area contributed by atoms with Gasteiger partial charge in [0.25, 0.3) is 0 Å². The van der Waals surface area contributed by atoms with Gasteiger partial charge < -0.3 is 4.74 Å². The Kier molecular flexibility index (Phi) is 6.14. The molecule has 3 nitrogen and oxygen atoms in total. The Bertz CT molecular complexity index is 444. The number of anilines is 1. The predicted octanol–water partition coefficient (Wildman–Crippen LogP) is 5.01. The van der Waals surface area contributed by atoms with Gasteiger partial charge in [-0.3, -0.25) is 5.32 Å². The zero-order valence-electron chi connectivity index (χ0n) is 11.4. The third-order valence-electron chi connectivity index (χ3n) is 2.28. The highest BCUT2D eigenvalue weighted by Crippen LogP contribution is 2.23. The average molecular weight is 349 g/mol. The molecule has 0 spiro atoms. The van der Waals surface area contributed by atoms with E-state index in [1.165, 1.54) is 0 Å². The first-order valence-corrected chi connectivity index (χ1v) is 7.66. The maximum Gasteiger partial charge on any atom is 0.412 e. The number of rotatable bonds is 4. The fourth-order valence-electron chi connectivity index (χ4n) is 1.56. The third-order valence-corrected chi connectivity index (χ3v) is 3.08. The van der Waals surface area contributed by atoms with Gasteiger partial charge in [0.2, 0.25) is 0 Å². The summed E-state index contributed by atoms with van der Waals surface area (Å²) in [5.41, 5.74) is 1.25. The van der Waals surface area contributed by atoms with E-state index in [4.69, 9.17) is 16.3 Å². The zero-order valence-corrected chi connectivity index (χ0v) is 13.8. The molecule has 1 rings (SSSR count). The highest BCUT2D eigenvalue weighted by Gasteiger charge is 2.17. The minimum Gasteiger partial charge on any atom is -0.444 e. The Morgan fingerprint density at radius 2 is 2.11 bits per heavy atom. The fourth-order valence-corrected chi connectivity index (χ4v) is 2.04. The molecule has 0 unspecified atom stereocenters. The largest absolute Gasteiger partial charge is 0.444 e. The highest BCUT2D eigenvalue weighted by atomic mass is 79.9. The lowest BCUT2D eigenvalue weighted by Gasteiger charge is -2.20. The van der Waals surface area contributed by atoms with Crippen LogP contribution < -0.4 is 5.32 Å². The summed E-state index contributed by atoms with van der Waals surface area (Å²) in [6.45, 7) is 5.50. The van der Waals surface area contributed by atoms with Crippen molar-refractivity contribution < 1.29 is 9.53 Å². The van der Waals surface area contributed by atoms with Gasteiger partial charge in [0, 0.05) is 16.0 Å². The van der Waals surface area contributed by atoms with Gasteiger partial charge in [-0.2, -0.15) is 0 Å². The average Bonchev–Trinajstić information content (AvgIpc) is 2.27. The molecule has 0 fully saturated rings. The Balaban J connectivity index is 2.79. The molecule has 1 N–H and O–H groups in total. The quantitative estimate of drug-likeness (QED) is 0.776. The number of benzene rings is 1. The van der Waals surface area contributed by atoms with Crippen LogP contribution in [0.3, 0.4) is 0 Å². The smallest absolute Gasteiger partial charge is 0.412 e. The van der Waals surface area contributed by atoms with Gasteiger partial charge in [0.1, 0.15) is 5.60 Å². The lowest BCUT2D eigenvalue weighted by atomic mass is 10.1. The molecule has 0 atom stereocenters. The van der Waals surface area contributed by atoms with E-state index in [1.54, 1.807) is 12.1 Å². The SMILES string of the molecule is CC(C)(C)OC(=O)Nc1ccc(Cl)cc1CCCBr. The number of hydrogen-bond acceptors (Lipinski definition) is 2. The second kappa shape index (κ2) is 7.15. The molecular weight excluding hydrogens is 330 g/mol. The minimum atomic E-state index is -0.507. The van der Waals surface area contributed by atoms with Crippen molar-refractivity contribution >= 4 is 39.3 Å². The molecule has 0 aliphatic carbocycles. The Morgan fingerprint density at radius 1 is 1.42 bits per heavy atom. The van der Waals surface area contributed by atoms with E-state index in [9.17, 15) is 4.79 Å². The van der Waals surface area contributed by atoms with Gasteiger partial charge in [-0.1, -0.05) is 27.5 Å². The molecule has 0 saturated heterocycles. The van der Waals surface area contributed by atoms with Crippen LogP contribution in [0.1, 0.15) is 32.8 Å². The Hall–Kier alpha value is -0.740. The van der Waals surface area contributed by atoms with Gasteiger partial charge in [0.05, 0.1) is 0 Å². The summed E-state index contributed by atoms with van der Waals surface area (Å²) < 4.78 is 5.24. The first-order valence-electron chi connectivity index (χ1n) is 6.16. The summed E-state index contributed by atoms with van der Waals surface area (Å²) in [4.78, 5) is 11.8. The van der Waals surface area contributed by atoms with E-state index in [0.29, 0.717) is 5.02 Å². The number of nitrogens with one attached hydrogen (secondary N) is 1. The number of halogens is 2. The highest BCUT2D eigenvalue weighted by molar-refractivity contribution is 9.09. The van der Waals surface area contributed by atoms with Crippen LogP contribution in [0.15, 0.2) is 18.2 Å². The van der Waals surface area contributed by atoms with Gasteiger partial charge in [-0.25, -0.2) is 4.79 Å². The van der Waals surface area contributed by atoms with Gasteiger partial charge in [-0.15, -0.1) is 0 Å². The summed E-state index contributed by atoms with van der Waals surface area (Å²) in [6.07, 6.45) is 1.37. The summed E-state index contributed by atoms with van der Waals surface area (Å²) in [5, 5.41) is 4.34. The van der Waals surface area contributed by atoms with Gasteiger partial charge in [-0.05, 0) is 57.4 Å². The molecule has 0 radical (unpaired) electrons. The second-order valence-corrected chi connectivity index (χ2v) is 6.45. The van der Waals surface area contributed by atoms with E-state index in [-0.39, 0.29) is 0 Å². The van der Waals surface area contributed by atoms with E-state index >= 15 is 0 Å². The Morgan fingerprint density at radius 3 is 2.68 bits per heavy atom. The lowest BCUT2D eigenvalue weighted by molar-refractivity contribution is 0.0636. The monoisotopic (exact) mass is 347 g/mol. The van der Waals surface area contributed by atoms with Crippen molar-refractivity contribution in [2.75, 3.05) is 10.6 Å². The number of carbonyl (C=O) groups is 1. The molecule has 0 aliphatic rings. The van der Waals surface area contributed by atoms with E-state index in [2.05, 4.69) is 21.2 Å². The molecule has 0 heterocycles. The molecule has 0 saturated carbocycles. The molecular formula is C14H19BrClNO2. The zero-order chi connectivity index (χ0) is 14.5. The van der Waals surface area contributed by atoms with Gasteiger partial charge >= 0.3 is 6.09 Å². The van der Waals surface area contributed by atoms with Crippen LogP contribution in [0.25, 0.3) is 0 Å². The number of amides is 1. The number of hydrogen-bond donors (Lipinski definition) is 1. The van der Waals surface area contributed by atoms with Gasteiger partial charge in [0.15, 0.2) is 0 Å². The number of aryl methyl sites for hydroxylation is 1. The molecule has 0 bridgehead atoms. The molecule has 1 aromatic rings. The number of ether oxygens (including phenoxy) is 1. The first-order chi connectivity index (χ1) is 8.81. The van der Waals surface area contributed by atoms with Crippen LogP contribution in [0, 0.1) is 0 Å². The molecule has 19 heavy (non-hydrogen) atoms. The molecule has 0 aromatic heterocycles. The fraction of sp³-hybridized carbons (Fsp3) is 0.500. The molecule has 1 aromatic carbocycles. The maximum absolute atomic E-state index is 11.8. The van der Waals surface area contributed by atoms with Crippen LogP contribution in [0.4, 0.5) is 10.5 Å². The summed E-state index contributed by atoms with van der Waals surface area (Å²) in [7, 11) is 0. The van der Waals surface area contributed by atoms with Crippen molar-refractivity contribution in [1.29, 1.82) is 0 Å². The minimum absolute atomic E-state index is 0.449. The predicted molar refractivity (Wildman–Crippen MR) is 83.4 cm³/mol. The van der Waals surface area contributed by atoms with Crippen molar-refractivity contribution in [3.05, 3.63) is 28.8 Å². The number of carbonyl (C=O) groups excluding carboxylic acids is 1. The topological polar surface area (TPSA) is 38.3 Å². The van der Waals surface area contributed by atoms with Crippen molar-refractivity contribution in [3.63, 3.8) is 0 Å². The van der Waals surface area contributed by atoms with Crippen LogP contribution in [-0.2, 0) is 11.2 Å². The molecule has 1 amide bonds. The van der Waals surface area contributed by atoms with Crippen LogP contribution >= 0.6 is 27.5 Å².